The van der Waals surface area contributed by atoms with Crippen LogP contribution in [0.3, 0.4) is 0 Å². The van der Waals surface area contributed by atoms with Gasteiger partial charge in [-0.05, 0) is 49.7 Å². The molecule has 1 aromatic rings. The highest BCUT2D eigenvalue weighted by Gasteiger charge is 2.06. The highest BCUT2D eigenvalue weighted by molar-refractivity contribution is 5.97. The van der Waals surface area contributed by atoms with Crippen LogP contribution in [0.2, 0.25) is 0 Å². The van der Waals surface area contributed by atoms with E-state index in [1.54, 1.807) is 24.3 Å². The zero-order chi connectivity index (χ0) is 15.7. The smallest absolute Gasteiger partial charge is 0.303 e. The first-order valence-electron chi connectivity index (χ1n) is 6.82. The molecule has 5 nitrogen and oxygen atoms in total. The predicted molar refractivity (Wildman–Crippen MR) is 80.8 cm³/mol. The molecule has 0 radical (unpaired) electrons. The average molecular weight is 291 g/mol. The number of hydrogen-bond acceptors (Lipinski definition) is 4. The van der Waals surface area contributed by atoms with Crippen molar-refractivity contribution in [2.45, 2.75) is 19.8 Å². The van der Waals surface area contributed by atoms with Crippen LogP contribution in [-0.2, 0) is 4.79 Å². The lowest BCUT2D eigenvalue weighted by Crippen LogP contribution is -2.24. The van der Waals surface area contributed by atoms with E-state index < -0.39 is 5.97 Å². The standard InChI is InChI=1S/C16H21NO4/c1-12(2)11-21-14-7-5-13(6-8-14)15(18)10-17-9-3-4-16(19)20/h5-8,17H,1,3-4,9-11H2,2H3,(H,19,20). The molecule has 0 amide bonds. The van der Waals surface area contributed by atoms with Crippen molar-refractivity contribution in [3.63, 3.8) is 0 Å². The van der Waals surface area contributed by atoms with Gasteiger partial charge in [-0.25, -0.2) is 0 Å². The Morgan fingerprint density at radius 3 is 2.52 bits per heavy atom. The van der Waals surface area contributed by atoms with Crippen LogP contribution in [0.15, 0.2) is 36.4 Å². The van der Waals surface area contributed by atoms with E-state index in [1.165, 1.54) is 0 Å². The Labute approximate surface area is 124 Å². The molecule has 0 spiro atoms. The molecule has 0 fully saturated rings. The molecule has 21 heavy (non-hydrogen) atoms. The molecule has 0 saturated carbocycles. The molecule has 2 N–H and O–H groups in total. The topological polar surface area (TPSA) is 75.6 Å². The van der Waals surface area contributed by atoms with Crippen molar-refractivity contribution in [1.82, 2.24) is 5.32 Å². The van der Waals surface area contributed by atoms with E-state index in [9.17, 15) is 9.59 Å². The first kappa shape index (κ1) is 16.9. The molecule has 0 aliphatic rings. The number of carbonyl (C=O) groups excluding carboxylic acids is 1. The summed E-state index contributed by atoms with van der Waals surface area (Å²) >= 11 is 0. The lowest BCUT2D eigenvalue weighted by molar-refractivity contribution is -0.137. The number of carbonyl (C=O) groups is 2. The van der Waals surface area contributed by atoms with Gasteiger partial charge in [0.2, 0.25) is 0 Å². The fourth-order valence-corrected chi connectivity index (χ4v) is 1.61. The lowest BCUT2D eigenvalue weighted by Gasteiger charge is -2.07. The maximum Gasteiger partial charge on any atom is 0.303 e. The molecule has 0 atom stereocenters. The van der Waals surface area contributed by atoms with E-state index in [2.05, 4.69) is 11.9 Å². The van der Waals surface area contributed by atoms with Gasteiger partial charge in [-0.2, -0.15) is 0 Å². The molecular weight excluding hydrogens is 270 g/mol. The summed E-state index contributed by atoms with van der Waals surface area (Å²) in [4.78, 5) is 22.2. The Morgan fingerprint density at radius 1 is 1.29 bits per heavy atom. The molecule has 1 aromatic carbocycles. The molecule has 0 unspecified atom stereocenters. The summed E-state index contributed by atoms with van der Waals surface area (Å²) in [7, 11) is 0. The van der Waals surface area contributed by atoms with Crippen molar-refractivity contribution in [2.75, 3.05) is 19.7 Å². The van der Waals surface area contributed by atoms with E-state index in [0.717, 1.165) is 5.57 Å². The summed E-state index contributed by atoms with van der Waals surface area (Å²) < 4.78 is 5.46. The zero-order valence-electron chi connectivity index (χ0n) is 12.2. The number of rotatable bonds is 10. The fourth-order valence-electron chi connectivity index (χ4n) is 1.61. The maximum atomic E-state index is 11.9. The van der Waals surface area contributed by atoms with E-state index >= 15 is 0 Å². The van der Waals surface area contributed by atoms with Crippen LogP contribution in [0.4, 0.5) is 0 Å². The van der Waals surface area contributed by atoms with Gasteiger partial charge in [0.1, 0.15) is 12.4 Å². The summed E-state index contributed by atoms with van der Waals surface area (Å²) in [6.45, 7) is 6.80. The van der Waals surface area contributed by atoms with Crippen LogP contribution in [0.25, 0.3) is 0 Å². The number of nitrogens with one attached hydrogen (secondary N) is 1. The van der Waals surface area contributed by atoms with E-state index in [-0.39, 0.29) is 18.7 Å². The van der Waals surface area contributed by atoms with Crippen LogP contribution in [0.1, 0.15) is 30.1 Å². The van der Waals surface area contributed by atoms with Crippen LogP contribution in [-0.4, -0.2) is 36.6 Å². The van der Waals surface area contributed by atoms with Crippen LogP contribution >= 0.6 is 0 Å². The maximum absolute atomic E-state index is 11.9. The average Bonchev–Trinajstić information content (AvgIpc) is 2.44. The Balaban J connectivity index is 2.34. The largest absolute Gasteiger partial charge is 0.489 e. The van der Waals surface area contributed by atoms with Gasteiger partial charge in [0.25, 0.3) is 0 Å². The predicted octanol–water partition coefficient (Wildman–Crippen LogP) is 2.28. The summed E-state index contributed by atoms with van der Waals surface area (Å²) in [6.07, 6.45) is 0.617. The minimum absolute atomic E-state index is 0.0308. The second-order valence-electron chi connectivity index (χ2n) is 4.87. The molecule has 0 bridgehead atoms. The quantitative estimate of drug-likeness (QED) is 0.393. The molecule has 0 aliphatic heterocycles. The van der Waals surface area contributed by atoms with Gasteiger partial charge in [0.15, 0.2) is 5.78 Å². The van der Waals surface area contributed by atoms with Crippen LogP contribution in [0.5, 0.6) is 5.75 Å². The number of carboxylic acids is 1. The van der Waals surface area contributed by atoms with Gasteiger partial charge in [-0.15, -0.1) is 0 Å². The Morgan fingerprint density at radius 2 is 1.95 bits per heavy atom. The number of ketones is 1. The van der Waals surface area contributed by atoms with E-state index in [4.69, 9.17) is 9.84 Å². The normalized spacial score (nSPS) is 10.1. The highest BCUT2D eigenvalue weighted by Crippen LogP contribution is 2.13. The minimum atomic E-state index is -0.825. The third kappa shape index (κ3) is 7.27. The second kappa shape index (κ2) is 8.92. The van der Waals surface area contributed by atoms with Gasteiger partial charge in [0.05, 0.1) is 6.54 Å². The van der Waals surface area contributed by atoms with E-state index in [0.29, 0.717) is 30.9 Å². The zero-order valence-corrected chi connectivity index (χ0v) is 12.2. The number of ether oxygens (including phenoxy) is 1. The molecule has 0 heterocycles. The van der Waals surface area contributed by atoms with Crippen molar-refractivity contribution >= 4 is 11.8 Å². The molecule has 1 rings (SSSR count). The molecule has 114 valence electrons. The summed E-state index contributed by atoms with van der Waals surface area (Å²) in [5, 5.41) is 11.4. The minimum Gasteiger partial charge on any atom is -0.489 e. The monoisotopic (exact) mass is 291 g/mol. The Hall–Kier alpha value is -2.14. The molecule has 5 heteroatoms. The highest BCUT2D eigenvalue weighted by atomic mass is 16.5. The SMILES string of the molecule is C=C(C)COc1ccc(C(=O)CNCCCC(=O)O)cc1. The van der Waals surface area contributed by atoms with Gasteiger partial charge >= 0.3 is 5.97 Å². The summed E-state index contributed by atoms with van der Waals surface area (Å²) in [5.74, 6) is -0.158. The molecule has 0 saturated heterocycles. The number of carboxylic acid groups (broad SMARTS) is 1. The number of benzene rings is 1. The van der Waals surface area contributed by atoms with Gasteiger partial charge < -0.3 is 15.2 Å². The van der Waals surface area contributed by atoms with Crippen molar-refractivity contribution in [2.24, 2.45) is 0 Å². The van der Waals surface area contributed by atoms with E-state index in [1.807, 2.05) is 6.92 Å². The Kier molecular flexibility index (Phi) is 7.18. The molecule has 0 aliphatic carbocycles. The third-order valence-corrected chi connectivity index (χ3v) is 2.69. The fraction of sp³-hybridized carbons (Fsp3) is 0.375. The number of aliphatic carboxylic acids is 1. The van der Waals surface area contributed by atoms with Gasteiger partial charge in [-0.1, -0.05) is 6.58 Å². The van der Waals surface area contributed by atoms with Crippen molar-refractivity contribution in [1.29, 1.82) is 0 Å². The lowest BCUT2D eigenvalue weighted by atomic mass is 10.1. The van der Waals surface area contributed by atoms with Crippen molar-refractivity contribution < 1.29 is 19.4 Å². The van der Waals surface area contributed by atoms with Crippen LogP contribution in [0, 0.1) is 0 Å². The molecular formula is C16H21NO4. The first-order chi connectivity index (χ1) is 9.99. The number of hydrogen-bond donors (Lipinski definition) is 2. The third-order valence-electron chi connectivity index (χ3n) is 2.69. The first-order valence-corrected chi connectivity index (χ1v) is 6.82. The summed E-state index contributed by atoms with van der Waals surface area (Å²) in [5.41, 5.74) is 1.53. The van der Waals surface area contributed by atoms with Crippen LogP contribution < -0.4 is 10.1 Å². The van der Waals surface area contributed by atoms with Gasteiger partial charge in [0, 0.05) is 12.0 Å². The van der Waals surface area contributed by atoms with Crippen molar-refractivity contribution in [3.8, 4) is 5.75 Å². The second-order valence-corrected chi connectivity index (χ2v) is 4.87. The van der Waals surface area contributed by atoms with Gasteiger partial charge in [-0.3, -0.25) is 9.59 Å². The summed E-state index contributed by atoms with van der Waals surface area (Å²) in [6, 6.07) is 6.94. The number of Topliss-reactive ketones (excluding diaryl/α,β-unsaturated/α-hetero) is 1. The van der Waals surface area contributed by atoms with Crippen molar-refractivity contribution in [3.05, 3.63) is 42.0 Å². The molecule has 0 aromatic heterocycles. The Bertz CT molecular complexity index is 494.